The molecule has 0 amide bonds. The molecule has 0 spiro atoms. The van der Waals surface area contributed by atoms with Gasteiger partial charge in [-0.05, 0) is 13.3 Å². The number of methoxy groups -OCH3 is 1. The Kier molecular flexibility index (Phi) is 16.3. The molecule has 0 saturated heterocycles. The topological polar surface area (TPSA) is 63.6 Å². The molecule has 0 aromatic heterocycles. The van der Waals surface area contributed by atoms with Gasteiger partial charge in [-0.15, -0.1) is 0 Å². The number of ether oxygens (including phenoxy) is 1. The molecular formula is C18H27F5O4. The van der Waals surface area contributed by atoms with Gasteiger partial charge in [0, 0.05) is 5.92 Å². The Bertz CT molecular complexity index is 516. The number of carbonyl (C=O) groups is 2. The van der Waals surface area contributed by atoms with Crippen LogP contribution in [0.4, 0.5) is 22.0 Å². The molecule has 0 fully saturated rings. The molecule has 1 N–H and O–H groups in total. The number of aryl methyl sites for hydroxylation is 1. The highest BCUT2D eigenvalue weighted by atomic mass is 19.4. The summed E-state index contributed by atoms with van der Waals surface area (Å²) in [5, 5.41) is 7.12. The number of aliphatic carboxylic acids is 1. The molecule has 0 saturated carbocycles. The van der Waals surface area contributed by atoms with Crippen molar-refractivity contribution in [2.45, 2.75) is 53.1 Å². The fourth-order valence-corrected chi connectivity index (χ4v) is 1.13. The minimum Gasteiger partial charge on any atom is -0.475 e. The van der Waals surface area contributed by atoms with Gasteiger partial charge in [0.05, 0.1) is 7.11 Å². The molecule has 1 unspecified atom stereocenters. The third-order valence-corrected chi connectivity index (χ3v) is 2.87. The van der Waals surface area contributed by atoms with E-state index in [4.69, 9.17) is 9.90 Å². The average molecular weight is 402 g/mol. The third-order valence-electron chi connectivity index (χ3n) is 2.87. The van der Waals surface area contributed by atoms with Crippen LogP contribution in [0.3, 0.4) is 0 Å². The van der Waals surface area contributed by atoms with Gasteiger partial charge in [-0.2, -0.15) is 22.0 Å². The monoisotopic (exact) mass is 402 g/mol. The SMILES string of the molecule is CC.CCC(C)C(F)(F)C(=O)OC.Cc1ccccc1.O=C(O)C(F)(F)F. The molecule has 9 heteroatoms. The van der Waals surface area contributed by atoms with E-state index < -0.39 is 30.0 Å². The Labute approximate surface area is 156 Å². The molecule has 1 rings (SSSR count). The van der Waals surface area contributed by atoms with E-state index in [9.17, 15) is 26.7 Å². The largest absolute Gasteiger partial charge is 0.490 e. The summed E-state index contributed by atoms with van der Waals surface area (Å²) < 4.78 is 61.2. The zero-order valence-electron chi connectivity index (χ0n) is 16.2. The predicted octanol–water partition coefficient (Wildman–Crippen LogP) is 5.50. The fraction of sp³-hybridized carbons (Fsp3) is 0.556. The molecular weight excluding hydrogens is 375 g/mol. The van der Waals surface area contributed by atoms with Crippen molar-refractivity contribution in [1.29, 1.82) is 0 Å². The van der Waals surface area contributed by atoms with Gasteiger partial charge in [0.15, 0.2) is 0 Å². The number of carbonyl (C=O) groups excluding carboxylic acids is 1. The van der Waals surface area contributed by atoms with Gasteiger partial charge in [0.25, 0.3) is 0 Å². The summed E-state index contributed by atoms with van der Waals surface area (Å²) >= 11 is 0. The van der Waals surface area contributed by atoms with Crippen LogP contribution in [-0.4, -0.2) is 36.3 Å². The number of carboxylic acids is 1. The van der Waals surface area contributed by atoms with Crippen LogP contribution in [0.25, 0.3) is 0 Å². The first-order valence-electron chi connectivity index (χ1n) is 8.08. The van der Waals surface area contributed by atoms with Crippen molar-refractivity contribution >= 4 is 11.9 Å². The number of rotatable bonds is 3. The van der Waals surface area contributed by atoms with Crippen molar-refractivity contribution in [1.82, 2.24) is 0 Å². The smallest absolute Gasteiger partial charge is 0.475 e. The predicted molar refractivity (Wildman–Crippen MR) is 92.6 cm³/mol. The minimum atomic E-state index is -5.08. The van der Waals surface area contributed by atoms with E-state index in [-0.39, 0.29) is 6.42 Å². The number of carboxylic acid groups (broad SMARTS) is 1. The summed E-state index contributed by atoms with van der Waals surface area (Å²) in [4.78, 5) is 19.4. The Morgan fingerprint density at radius 2 is 1.44 bits per heavy atom. The zero-order valence-corrected chi connectivity index (χ0v) is 16.2. The third kappa shape index (κ3) is 14.6. The molecule has 1 atom stereocenters. The maximum atomic E-state index is 12.7. The van der Waals surface area contributed by atoms with E-state index in [0.717, 1.165) is 7.11 Å². The summed E-state index contributed by atoms with van der Waals surface area (Å²) in [6.07, 6.45) is -4.83. The lowest BCUT2D eigenvalue weighted by Gasteiger charge is -2.18. The van der Waals surface area contributed by atoms with Crippen LogP contribution in [0.1, 0.15) is 39.7 Å². The Morgan fingerprint density at radius 1 is 1.07 bits per heavy atom. The molecule has 158 valence electrons. The van der Waals surface area contributed by atoms with E-state index in [1.165, 1.54) is 12.5 Å². The van der Waals surface area contributed by atoms with Gasteiger partial charge >= 0.3 is 24.0 Å². The lowest BCUT2D eigenvalue weighted by molar-refractivity contribution is -0.192. The fourth-order valence-electron chi connectivity index (χ4n) is 1.13. The number of halogens is 5. The second-order valence-electron chi connectivity index (χ2n) is 4.88. The van der Waals surface area contributed by atoms with Gasteiger partial charge in [-0.1, -0.05) is 63.6 Å². The van der Waals surface area contributed by atoms with Crippen molar-refractivity contribution in [3.8, 4) is 0 Å². The van der Waals surface area contributed by atoms with Crippen molar-refractivity contribution in [2.24, 2.45) is 5.92 Å². The standard InChI is InChI=1S/C7H12F2O2.C7H8.C2HF3O2.C2H6/c1-4-5(2)7(8,9)6(10)11-3;1-7-5-3-2-4-6-7;3-2(4,5)1(6)7;1-2/h5H,4H2,1-3H3;2-6H,1H3;(H,6,7);1-2H3. The summed E-state index contributed by atoms with van der Waals surface area (Å²) in [5.74, 6) is -8.52. The lowest BCUT2D eigenvalue weighted by Crippen LogP contribution is -2.36. The van der Waals surface area contributed by atoms with Gasteiger partial charge in [0.2, 0.25) is 0 Å². The lowest BCUT2D eigenvalue weighted by atomic mass is 10.0. The molecule has 27 heavy (non-hydrogen) atoms. The summed E-state index contributed by atoms with van der Waals surface area (Å²) in [6.45, 7) is 9.00. The van der Waals surface area contributed by atoms with Crippen molar-refractivity contribution in [2.75, 3.05) is 7.11 Å². The van der Waals surface area contributed by atoms with Crippen molar-refractivity contribution in [3.63, 3.8) is 0 Å². The van der Waals surface area contributed by atoms with Crippen molar-refractivity contribution < 1.29 is 41.4 Å². The zero-order chi connectivity index (χ0) is 22.3. The van der Waals surface area contributed by atoms with E-state index in [1.807, 2.05) is 32.0 Å². The highest BCUT2D eigenvalue weighted by Crippen LogP contribution is 2.27. The van der Waals surface area contributed by atoms with E-state index >= 15 is 0 Å². The van der Waals surface area contributed by atoms with Gasteiger partial charge < -0.3 is 9.84 Å². The number of alkyl halides is 5. The van der Waals surface area contributed by atoms with Crippen LogP contribution in [0, 0.1) is 12.8 Å². The molecule has 0 bridgehead atoms. The summed E-state index contributed by atoms with van der Waals surface area (Å²) in [7, 11) is 0.957. The van der Waals surface area contributed by atoms with Crippen LogP contribution in [-0.2, 0) is 14.3 Å². The molecule has 1 aromatic carbocycles. The number of hydrogen-bond donors (Lipinski definition) is 1. The van der Waals surface area contributed by atoms with Gasteiger partial charge in [-0.25, -0.2) is 9.59 Å². The first-order chi connectivity index (χ1) is 12.3. The van der Waals surface area contributed by atoms with Gasteiger partial charge in [-0.3, -0.25) is 0 Å². The molecule has 0 aliphatic carbocycles. The quantitative estimate of drug-likeness (QED) is 0.536. The van der Waals surface area contributed by atoms with E-state index in [2.05, 4.69) is 23.8 Å². The molecule has 4 nitrogen and oxygen atoms in total. The molecule has 0 aliphatic rings. The minimum absolute atomic E-state index is 0.252. The van der Waals surface area contributed by atoms with Crippen LogP contribution < -0.4 is 0 Å². The highest BCUT2D eigenvalue weighted by Gasteiger charge is 2.44. The van der Waals surface area contributed by atoms with Crippen LogP contribution >= 0.6 is 0 Å². The highest BCUT2D eigenvalue weighted by molar-refractivity contribution is 5.77. The molecule has 0 aliphatic heterocycles. The number of benzene rings is 1. The average Bonchev–Trinajstić information content (AvgIpc) is 2.62. The van der Waals surface area contributed by atoms with Crippen LogP contribution in [0.2, 0.25) is 0 Å². The first kappa shape index (κ1) is 29.6. The Hall–Kier alpha value is -2.19. The van der Waals surface area contributed by atoms with E-state index in [1.54, 1.807) is 6.92 Å². The second kappa shape index (κ2) is 14.9. The maximum absolute atomic E-state index is 12.7. The van der Waals surface area contributed by atoms with Gasteiger partial charge in [0.1, 0.15) is 0 Å². The van der Waals surface area contributed by atoms with Crippen LogP contribution in [0.15, 0.2) is 30.3 Å². The number of hydrogen-bond acceptors (Lipinski definition) is 3. The summed E-state index contributed by atoms with van der Waals surface area (Å²) in [6, 6.07) is 10.3. The summed E-state index contributed by atoms with van der Waals surface area (Å²) in [5.41, 5.74) is 1.32. The van der Waals surface area contributed by atoms with Crippen LogP contribution in [0.5, 0.6) is 0 Å². The second-order valence-corrected chi connectivity index (χ2v) is 4.88. The Balaban J connectivity index is -0.000000316. The maximum Gasteiger partial charge on any atom is 0.490 e. The molecule has 0 heterocycles. The first-order valence-corrected chi connectivity index (χ1v) is 8.08. The molecule has 1 aromatic rings. The van der Waals surface area contributed by atoms with Crippen molar-refractivity contribution in [3.05, 3.63) is 35.9 Å². The Morgan fingerprint density at radius 3 is 1.63 bits per heavy atom. The normalized spacial score (nSPS) is 11.2. The molecule has 0 radical (unpaired) electrons. The van der Waals surface area contributed by atoms with E-state index in [0.29, 0.717) is 0 Å². The number of esters is 1.